The zero-order valence-electron chi connectivity index (χ0n) is 9.57. The van der Waals surface area contributed by atoms with Gasteiger partial charge in [-0.05, 0) is 18.1 Å². The van der Waals surface area contributed by atoms with E-state index < -0.39 is 14.9 Å². The zero-order chi connectivity index (χ0) is 13.3. The smallest absolute Gasteiger partial charge is 0.269 e. The molecule has 0 radical (unpaired) electrons. The number of non-ortho nitro benzene ring substituents is 1. The molecule has 0 fully saturated rings. The van der Waals surface area contributed by atoms with E-state index in [2.05, 4.69) is 0 Å². The Balaban J connectivity index is 2.38. The van der Waals surface area contributed by atoms with Crippen LogP contribution in [0.25, 0.3) is 0 Å². The summed E-state index contributed by atoms with van der Waals surface area (Å²) < 4.78 is 25.1. The summed E-state index contributed by atoms with van der Waals surface area (Å²) in [5, 5.41) is 10.6. The van der Waals surface area contributed by atoms with Gasteiger partial charge in [-0.15, -0.1) is 0 Å². The summed E-state index contributed by atoms with van der Waals surface area (Å²) in [4.78, 5) is 10.2. The highest BCUT2D eigenvalue weighted by molar-refractivity contribution is 7.92. The Morgan fingerprint density at radius 1 is 1.44 bits per heavy atom. The SMILES string of the molecule is NCCS(=O)(=O)N1CCc2cc([N+](=O)[O-])ccc21. The highest BCUT2D eigenvalue weighted by Crippen LogP contribution is 2.33. The van der Waals surface area contributed by atoms with Crippen molar-refractivity contribution in [2.24, 2.45) is 5.73 Å². The minimum atomic E-state index is -3.42. The first-order valence-corrected chi connectivity index (χ1v) is 7.04. The van der Waals surface area contributed by atoms with Gasteiger partial charge < -0.3 is 5.73 Å². The molecular formula is C10H13N3O4S. The Morgan fingerprint density at radius 3 is 2.78 bits per heavy atom. The van der Waals surface area contributed by atoms with Gasteiger partial charge in [0.05, 0.1) is 16.4 Å². The highest BCUT2D eigenvalue weighted by atomic mass is 32.2. The third kappa shape index (κ3) is 2.16. The average Bonchev–Trinajstić information content (AvgIpc) is 2.71. The Hall–Kier alpha value is -1.67. The van der Waals surface area contributed by atoms with Gasteiger partial charge >= 0.3 is 0 Å². The molecule has 0 aromatic heterocycles. The molecule has 0 saturated carbocycles. The van der Waals surface area contributed by atoms with Crippen LogP contribution in [0.3, 0.4) is 0 Å². The van der Waals surface area contributed by atoms with Crippen molar-refractivity contribution in [3.05, 3.63) is 33.9 Å². The van der Waals surface area contributed by atoms with Crippen molar-refractivity contribution < 1.29 is 13.3 Å². The van der Waals surface area contributed by atoms with E-state index in [4.69, 9.17) is 5.73 Å². The van der Waals surface area contributed by atoms with E-state index in [9.17, 15) is 18.5 Å². The maximum absolute atomic E-state index is 11.9. The number of nitrogens with two attached hydrogens (primary N) is 1. The van der Waals surface area contributed by atoms with Gasteiger partial charge in [-0.1, -0.05) is 0 Å². The van der Waals surface area contributed by atoms with Crippen LogP contribution in [0, 0.1) is 10.1 Å². The molecule has 98 valence electrons. The fraction of sp³-hybridized carbons (Fsp3) is 0.400. The molecule has 18 heavy (non-hydrogen) atoms. The average molecular weight is 271 g/mol. The minimum Gasteiger partial charge on any atom is -0.329 e. The number of anilines is 1. The molecule has 1 aliphatic rings. The Morgan fingerprint density at radius 2 is 2.17 bits per heavy atom. The fourth-order valence-electron chi connectivity index (χ4n) is 2.02. The first-order valence-electron chi connectivity index (χ1n) is 5.43. The van der Waals surface area contributed by atoms with Crippen molar-refractivity contribution in [1.29, 1.82) is 0 Å². The van der Waals surface area contributed by atoms with Gasteiger partial charge in [-0.25, -0.2) is 8.42 Å². The van der Waals surface area contributed by atoms with Crippen molar-refractivity contribution in [3.63, 3.8) is 0 Å². The molecule has 8 heteroatoms. The van der Waals surface area contributed by atoms with Crippen molar-refractivity contribution in [2.45, 2.75) is 6.42 Å². The second-order valence-corrected chi connectivity index (χ2v) is 6.01. The van der Waals surface area contributed by atoms with Gasteiger partial charge in [0.15, 0.2) is 0 Å². The van der Waals surface area contributed by atoms with Gasteiger partial charge in [0, 0.05) is 25.2 Å². The number of hydrogen-bond acceptors (Lipinski definition) is 5. The molecule has 1 aliphatic heterocycles. The molecule has 0 atom stereocenters. The van der Waals surface area contributed by atoms with E-state index in [0.717, 1.165) is 0 Å². The summed E-state index contributed by atoms with van der Waals surface area (Å²) in [7, 11) is -3.42. The largest absolute Gasteiger partial charge is 0.329 e. The normalized spacial score (nSPS) is 14.6. The second kappa shape index (κ2) is 4.54. The molecule has 0 bridgehead atoms. The van der Waals surface area contributed by atoms with Crippen LogP contribution >= 0.6 is 0 Å². The lowest BCUT2D eigenvalue weighted by molar-refractivity contribution is -0.384. The molecule has 7 nitrogen and oxygen atoms in total. The summed E-state index contributed by atoms with van der Waals surface area (Å²) >= 11 is 0. The summed E-state index contributed by atoms with van der Waals surface area (Å²) in [6, 6.07) is 4.22. The standard InChI is InChI=1S/C10H13N3O4S/c11-4-6-18(16,17)12-5-3-8-7-9(13(14)15)1-2-10(8)12/h1-2,7H,3-6,11H2. The van der Waals surface area contributed by atoms with Crippen molar-refractivity contribution in [2.75, 3.05) is 23.1 Å². The van der Waals surface area contributed by atoms with Gasteiger partial charge in [-0.2, -0.15) is 0 Å². The summed E-state index contributed by atoms with van der Waals surface area (Å²) in [5.74, 6) is -0.122. The lowest BCUT2D eigenvalue weighted by Gasteiger charge is -2.18. The van der Waals surface area contributed by atoms with Crippen molar-refractivity contribution >= 4 is 21.4 Å². The Labute approximate surface area is 104 Å². The Kier molecular flexibility index (Phi) is 3.22. The van der Waals surface area contributed by atoms with Gasteiger partial charge in [0.2, 0.25) is 10.0 Å². The first kappa shape index (κ1) is 12.8. The van der Waals surface area contributed by atoms with E-state index in [1.54, 1.807) is 0 Å². The molecule has 1 aromatic rings. The van der Waals surface area contributed by atoms with E-state index >= 15 is 0 Å². The van der Waals surface area contributed by atoms with Crippen LogP contribution < -0.4 is 10.0 Å². The molecule has 0 spiro atoms. The predicted molar refractivity (Wildman–Crippen MR) is 67.0 cm³/mol. The molecule has 1 heterocycles. The van der Waals surface area contributed by atoms with E-state index in [1.165, 1.54) is 22.5 Å². The lowest BCUT2D eigenvalue weighted by Crippen LogP contribution is -2.33. The fourth-order valence-corrected chi connectivity index (χ4v) is 3.39. The predicted octanol–water partition coefficient (Wildman–Crippen LogP) is 0.246. The van der Waals surface area contributed by atoms with Crippen LogP contribution in [0.15, 0.2) is 18.2 Å². The maximum atomic E-state index is 11.9. The number of nitro groups is 1. The van der Waals surface area contributed by atoms with Crippen LogP contribution in [-0.2, 0) is 16.4 Å². The van der Waals surface area contributed by atoms with E-state index in [-0.39, 0.29) is 18.0 Å². The molecular weight excluding hydrogens is 258 g/mol. The monoisotopic (exact) mass is 271 g/mol. The molecule has 0 unspecified atom stereocenters. The Bertz CT molecular complexity index is 585. The first-order chi connectivity index (χ1) is 8.45. The molecule has 1 aromatic carbocycles. The van der Waals surface area contributed by atoms with Crippen molar-refractivity contribution in [3.8, 4) is 0 Å². The molecule has 0 amide bonds. The van der Waals surface area contributed by atoms with Gasteiger partial charge in [0.1, 0.15) is 0 Å². The zero-order valence-corrected chi connectivity index (χ0v) is 10.4. The van der Waals surface area contributed by atoms with Crippen LogP contribution in [0.2, 0.25) is 0 Å². The molecule has 0 aliphatic carbocycles. The van der Waals surface area contributed by atoms with E-state index in [1.807, 2.05) is 0 Å². The van der Waals surface area contributed by atoms with Crippen LogP contribution in [-0.4, -0.2) is 32.2 Å². The summed E-state index contributed by atoms with van der Waals surface area (Å²) in [6.45, 7) is 0.375. The van der Waals surface area contributed by atoms with Crippen LogP contribution in [0.1, 0.15) is 5.56 Å². The van der Waals surface area contributed by atoms with Crippen LogP contribution in [0.4, 0.5) is 11.4 Å². The van der Waals surface area contributed by atoms with Gasteiger partial charge in [0.25, 0.3) is 5.69 Å². The highest BCUT2D eigenvalue weighted by Gasteiger charge is 2.29. The molecule has 2 N–H and O–H groups in total. The number of rotatable bonds is 4. The number of nitro benzene ring substituents is 1. The van der Waals surface area contributed by atoms with Gasteiger partial charge in [-0.3, -0.25) is 14.4 Å². The number of benzene rings is 1. The maximum Gasteiger partial charge on any atom is 0.269 e. The van der Waals surface area contributed by atoms with E-state index in [0.29, 0.717) is 24.2 Å². The second-order valence-electron chi connectivity index (χ2n) is 4.00. The summed E-state index contributed by atoms with van der Waals surface area (Å²) in [5.41, 5.74) is 6.46. The van der Waals surface area contributed by atoms with Crippen LogP contribution in [0.5, 0.6) is 0 Å². The third-order valence-corrected chi connectivity index (χ3v) is 4.64. The number of hydrogen-bond donors (Lipinski definition) is 1. The number of nitrogens with zero attached hydrogens (tertiary/aromatic N) is 2. The minimum absolute atomic E-state index is 0.0215. The lowest BCUT2D eigenvalue weighted by atomic mass is 10.1. The number of fused-ring (bicyclic) bond motifs is 1. The van der Waals surface area contributed by atoms with Crippen molar-refractivity contribution in [1.82, 2.24) is 0 Å². The quantitative estimate of drug-likeness (QED) is 0.623. The third-order valence-electron chi connectivity index (χ3n) is 2.84. The molecule has 0 saturated heterocycles. The molecule has 2 rings (SSSR count). The summed E-state index contributed by atoms with van der Waals surface area (Å²) in [6.07, 6.45) is 0.487. The number of sulfonamides is 1. The topological polar surface area (TPSA) is 107 Å².